The first-order valence-electron chi connectivity index (χ1n) is 7.39. The van der Waals surface area contributed by atoms with Crippen molar-refractivity contribution in [1.82, 2.24) is 0 Å². The van der Waals surface area contributed by atoms with Gasteiger partial charge in [-0.05, 0) is 18.2 Å². The molecule has 0 saturated heterocycles. The molecule has 1 aromatic heterocycles. The maximum absolute atomic E-state index is 12.1. The number of rotatable bonds is 7. The summed E-state index contributed by atoms with van der Waals surface area (Å²) in [6.07, 6.45) is 3.24. The molecule has 0 radical (unpaired) electrons. The van der Waals surface area contributed by atoms with Gasteiger partial charge in [-0.25, -0.2) is 4.79 Å². The van der Waals surface area contributed by atoms with Crippen molar-refractivity contribution >= 4 is 40.8 Å². The standard InChI is InChI=1S/C17H16Cl2N2O4/c1-24-8-9-25-17(23)12-4-6-21(7-5-12)11-16(22)20-15-3-2-13(18)10-14(15)19/h2-7,10H,8-9,11H2,1H3/p+1. The molecule has 25 heavy (non-hydrogen) atoms. The molecule has 0 atom stereocenters. The van der Waals surface area contributed by atoms with E-state index in [9.17, 15) is 9.59 Å². The number of benzene rings is 1. The number of hydrogen-bond donors (Lipinski definition) is 1. The number of esters is 1. The Balaban J connectivity index is 1.91. The normalized spacial score (nSPS) is 10.4. The van der Waals surface area contributed by atoms with Gasteiger partial charge in [-0.3, -0.25) is 4.79 Å². The Morgan fingerprint density at radius 3 is 2.48 bits per heavy atom. The first-order chi connectivity index (χ1) is 12.0. The van der Waals surface area contributed by atoms with Gasteiger partial charge in [-0.2, -0.15) is 4.57 Å². The molecule has 0 aliphatic carbocycles. The molecule has 8 heteroatoms. The smallest absolute Gasteiger partial charge is 0.338 e. The van der Waals surface area contributed by atoms with Gasteiger partial charge in [0.1, 0.15) is 6.61 Å². The molecular weight excluding hydrogens is 367 g/mol. The monoisotopic (exact) mass is 383 g/mol. The molecule has 2 aromatic rings. The Bertz CT molecular complexity index is 751. The lowest BCUT2D eigenvalue weighted by Gasteiger charge is -2.06. The van der Waals surface area contributed by atoms with Gasteiger partial charge in [0.25, 0.3) is 5.91 Å². The fourth-order valence-electron chi connectivity index (χ4n) is 1.95. The number of hydrogen-bond acceptors (Lipinski definition) is 4. The first kappa shape index (κ1) is 19.2. The van der Waals surface area contributed by atoms with Crippen molar-refractivity contribution in [2.24, 2.45) is 0 Å². The summed E-state index contributed by atoms with van der Waals surface area (Å²) in [6, 6.07) is 7.98. The van der Waals surface area contributed by atoms with Crippen LogP contribution in [-0.2, 0) is 20.8 Å². The van der Waals surface area contributed by atoms with Crippen LogP contribution in [0.5, 0.6) is 0 Å². The summed E-state index contributed by atoms with van der Waals surface area (Å²) in [5.74, 6) is -0.703. The number of halogens is 2. The number of pyridine rings is 1. The van der Waals surface area contributed by atoms with Crippen LogP contribution in [0.15, 0.2) is 42.7 Å². The highest BCUT2D eigenvalue weighted by atomic mass is 35.5. The predicted molar refractivity (Wildman–Crippen MR) is 93.9 cm³/mol. The highest BCUT2D eigenvalue weighted by Crippen LogP contribution is 2.25. The van der Waals surface area contributed by atoms with Crippen molar-refractivity contribution in [3.8, 4) is 0 Å². The lowest BCUT2D eigenvalue weighted by Crippen LogP contribution is -2.39. The third-order valence-corrected chi connectivity index (χ3v) is 3.73. The molecule has 0 spiro atoms. The lowest BCUT2D eigenvalue weighted by atomic mass is 10.2. The van der Waals surface area contributed by atoms with E-state index in [2.05, 4.69) is 5.32 Å². The minimum Gasteiger partial charge on any atom is -0.460 e. The number of nitrogens with zero attached hydrogens (tertiary/aromatic N) is 1. The zero-order chi connectivity index (χ0) is 18.2. The minimum absolute atomic E-state index is 0.0674. The lowest BCUT2D eigenvalue weighted by molar-refractivity contribution is -0.684. The summed E-state index contributed by atoms with van der Waals surface area (Å²) >= 11 is 11.8. The Morgan fingerprint density at radius 1 is 1.12 bits per heavy atom. The maximum atomic E-state index is 12.1. The van der Waals surface area contributed by atoms with Crippen molar-refractivity contribution in [1.29, 1.82) is 0 Å². The molecule has 132 valence electrons. The van der Waals surface area contributed by atoms with Gasteiger partial charge < -0.3 is 14.8 Å². The van der Waals surface area contributed by atoms with E-state index in [1.165, 1.54) is 7.11 Å². The summed E-state index contributed by atoms with van der Waals surface area (Å²) < 4.78 is 11.5. The van der Waals surface area contributed by atoms with Gasteiger partial charge in [0.15, 0.2) is 12.4 Å². The second-order valence-corrected chi connectivity index (χ2v) is 5.90. The molecule has 1 heterocycles. The van der Waals surface area contributed by atoms with Crippen LogP contribution in [0.2, 0.25) is 10.0 Å². The Hall–Kier alpha value is -2.15. The van der Waals surface area contributed by atoms with E-state index in [4.69, 9.17) is 32.7 Å². The number of aromatic nitrogens is 1. The summed E-state index contributed by atoms with van der Waals surface area (Å²) in [5, 5.41) is 3.55. The molecule has 0 aliphatic rings. The Kier molecular flexibility index (Phi) is 7.18. The van der Waals surface area contributed by atoms with E-state index in [-0.39, 0.29) is 19.1 Å². The van der Waals surface area contributed by atoms with Crippen molar-refractivity contribution < 1.29 is 23.6 Å². The average Bonchev–Trinajstić information content (AvgIpc) is 2.58. The number of carbonyl (C=O) groups is 2. The van der Waals surface area contributed by atoms with Gasteiger partial charge >= 0.3 is 5.97 Å². The van der Waals surface area contributed by atoms with Crippen LogP contribution in [0.1, 0.15) is 10.4 Å². The topological polar surface area (TPSA) is 68.5 Å². The fourth-order valence-corrected chi connectivity index (χ4v) is 2.40. The van der Waals surface area contributed by atoms with E-state index < -0.39 is 5.97 Å². The Labute approximate surface area is 155 Å². The number of methoxy groups -OCH3 is 1. The fraction of sp³-hybridized carbons (Fsp3) is 0.235. The van der Waals surface area contributed by atoms with Crippen LogP contribution in [-0.4, -0.2) is 32.2 Å². The molecule has 1 amide bonds. The number of anilines is 1. The highest BCUT2D eigenvalue weighted by molar-refractivity contribution is 6.36. The number of nitrogens with one attached hydrogen (secondary N) is 1. The van der Waals surface area contributed by atoms with Crippen LogP contribution in [0, 0.1) is 0 Å². The molecule has 1 N–H and O–H groups in total. The molecular formula is C17H17Cl2N2O4+. The quantitative estimate of drug-likeness (QED) is 0.453. The van der Waals surface area contributed by atoms with Gasteiger partial charge in [0.2, 0.25) is 6.54 Å². The van der Waals surface area contributed by atoms with Gasteiger partial charge in [0, 0.05) is 24.3 Å². The molecule has 0 unspecified atom stereocenters. The molecule has 1 aromatic carbocycles. The van der Waals surface area contributed by atoms with Gasteiger partial charge in [-0.1, -0.05) is 23.2 Å². The SMILES string of the molecule is COCCOC(=O)c1cc[n+](CC(=O)Nc2ccc(Cl)cc2Cl)cc1. The summed E-state index contributed by atoms with van der Waals surface area (Å²) in [4.78, 5) is 23.9. The zero-order valence-corrected chi connectivity index (χ0v) is 15.0. The van der Waals surface area contributed by atoms with Crippen LogP contribution in [0.4, 0.5) is 5.69 Å². The van der Waals surface area contributed by atoms with Gasteiger partial charge in [-0.15, -0.1) is 0 Å². The van der Waals surface area contributed by atoms with Crippen molar-refractivity contribution in [2.45, 2.75) is 6.54 Å². The van der Waals surface area contributed by atoms with Crippen molar-refractivity contribution in [3.05, 3.63) is 58.3 Å². The van der Waals surface area contributed by atoms with Crippen LogP contribution in [0.3, 0.4) is 0 Å². The molecule has 0 aliphatic heterocycles. The van der Waals surface area contributed by atoms with Crippen LogP contribution in [0.25, 0.3) is 0 Å². The summed E-state index contributed by atoms with van der Waals surface area (Å²) in [5.41, 5.74) is 0.878. The first-order valence-corrected chi connectivity index (χ1v) is 8.15. The number of amides is 1. The number of ether oxygens (including phenoxy) is 2. The van der Waals surface area contributed by atoms with E-state index in [0.29, 0.717) is 27.9 Å². The number of carbonyl (C=O) groups excluding carboxylic acids is 2. The van der Waals surface area contributed by atoms with Crippen LogP contribution >= 0.6 is 23.2 Å². The molecule has 0 saturated carbocycles. The molecule has 2 rings (SSSR count). The molecule has 0 bridgehead atoms. The zero-order valence-electron chi connectivity index (χ0n) is 13.5. The van der Waals surface area contributed by atoms with Gasteiger partial charge in [0.05, 0.1) is 22.9 Å². The second kappa shape index (κ2) is 9.36. The molecule has 0 fully saturated rings. The highest BCUT2D eigenvalue weighted by Gasteiger charge is 2.14. The van der Waals surface area contributed by atoms with E-state index in [0.717, 1.165) is 0 Å². The van der Waals surface area contributed by atoms with E-state index in [1.54, 1.807) is 47.3 Å². The minimum atomic E-state index is -0.443. The van der Waals surface area contributed by atoms with E-state index >= 15 is 0 Å². The third-order valence-electron chi connectivity index (χ3n) is 3.18. The summed E-state index contributed by atoms with van der Waals surface area (Å²) in [6.45, 7) is 0.596. The predicted octanol–water partition coefficient (Wildman–Crippen LogP) is 2.72. The maximum Gasteiger partial charge on any atom is 0.338 e. The summed E-state index contributed by atoms with van der Waals surface area (Å²) in [7, 11) is 1.53. The molecule has 6 nitrogen and oxygen atoms in total. The Morgan fingerprint density at radius 2 is 1.84 bits per heavy atom. The average molecular weight is 384 g/mol. The largest absolute Gasteiger partial charge is 0.460 e. The van der Waals surface area contributed by atoms with E-state index in [1.807, 2.05) is 0 Å². The van der Waals surface area contributed by atoms with Crippen molar-refractivity contribution in [2.75, 3.05) is 25.6 Å². The third kappa shape index (κ3) is 6.01. The second-order valence-electron chi connectivity index (χ2n) is 5.06. The van der Waals surface area contributed by atoms with Crippen molar-refractivity contribution in [3.63, 3.8) is 0 Å². The van der Waals surface area contributed by atoms with Crippen LogP contribution < -0.4 is 9.88 Å².